The molecular formula is C25H24F11NO3. The lowest BCUT2D eigenvalue weighted by Crippen LogP contribution is -2.47. The van der Waals surface area contributed by atoms with Crippen LogP contribution in [-0.4, -0.2) is 48.9 Å². The summed E-state index contributed by atoms with van der Waals surface area (Å²) in [6.07, 6.45) is -19.5. The maximum absolute atomic E-state index is 14.0. The van der Waals surface area contributed by atoms with Crippen LogP contribution >= 0.6 is 0 Å². The molecule has 2 aromatic rings. The average Bonchev–Trinajstić information content (AvgIpc) is 2.82. The number of hydrogen-bond donors (Lipinski definition) is 1. The van der Waals surface area contributed by atoms with Crippen LogP contribution in [0, 0.1) is 11.8 Å². The molecule has 4 nitrogen and oxygen atoms in total. The van der Waals surface area contributed by atoms with Gasteiger partial charge in [0.25, 0.3) is 0 Å². The zero-order chi connectivity index (χ0) is 29.9. The van der Waals surface area contributed by atoms with E-state index in [0.29, 0.717) is 0 Å². The molecule has 40 heavy (non-hydrogen) atoms. The molecule has 3 unspecified atom stereocenters. The molecule has 0 aromatic heterocycles. The van der Waals surface area contributed by atoms with E-state index < -0.39 is 67.7 Å². The van der Waals surface area contributed by atoms with E-state index in [2.05, 4.69) is 4.74 Å². The smallest absolute Gasteiger partial charge is 0.457 e. The summed E-state index contributed by atoms with van der Waals surface area (Å²) in [5, 5.41) is 9.69. The molecule has 15 heteroatoms. The summed E-state index contributed by atoms with van der Waals surface area (Å²) in [7, 11) is 0. The first-order valence-corrected chi connectivity index (χ1v) is 11.9. The number of aliphatic hydroxyl groups is 1. The van der Waals surface area contributed by atoms with Gasteiger partial charge < -0.3 is 19.5 Å². The van der Waals surface area contributed by atoms with Gasteiger partial charge >= 0.3 is 24.6 Å². The van der Waals surface area contributed by atoms with Crippen LogP contribution < -0.4 is 14.4 Å². The molecule has 0 aliphatic heterocycles. The quantitative estimate of drug-likeness (QED) is 0.298. The van der Waals surface area contributed by atoms with Crippen molar-refractivity contribution < 1.29 is 62.9 Å². The fourth-order valence-corrected chi connectivity index (χ4v) is 4.54. The van der Waals surface area contributed by atoms with Gasteiger partial charge in [-0.05, 0) is 49.4 Å². The van der Waals surface area contributed by atoms with Crippen LogP contribution in [0.25, 0.3) is 0 Å². The lowest BCUT2D eigenvalue weighted by molar-refractivity contribution is -0.306. The van der Waals surface area contributed by atoms with E-state index in [1.807, 2.05) is 0 Å². The molecule has 3 rings (SSSR count). The van der Waals surface area contributed by atoms with E-state index in [1.165, 1.54) is 36.4 Å². The van der Waals surface area contributed by atoms with Crippen molar-refractivity contribution >= 4 is 5.69 Å². The normalized spacial score (nSPS) is 19.7. The van der Waals surface area contributed by atoms with Gasteiger partial charge in [0.05, 0.1) is 6.54 Å². The third-order valence-electron chi connectivity index (χ3n) is 6.38. The zero-order valence-corrected chi connectivity index (χ0v) is 20.5. The zero-order valence-electron chi connectivity index (χ0n) is 20.5. The minimum absolute atomic E-state index is 0.00381. The van der Waals surface area contributed by atoms with E-state index >= 15 is 0 Å². The Morgan fingerprint density at radius 3 is 2.02 bits per heavy atom. The fraction of sp³-hybridized carbons (Fsp3) is 0.520. The number of halogens is 11. The number of hydrogen-bond acceptors (Lipinski definition) is 4. The predicted molar refractivity (Wildman–Crippen MR) is 120 cm³/mol. The number of ether oxygens (including phenoxy) is 2. The molecule has 0 spiro atoms. The van der Waals surface area contributed by atoms with Crippen LogP contribution in [0.3, 0.4) is 0 Å². The molecule has 2 aromatic carbocycles. The van der Waals surface area contributed by atoms with Gasteiger partial charge in [0.2, 0.25) is 0 Å². The van der Waals surface area contributed by atoms with Gasteiger partial charge in [-0.25, -0.2) is 0 Å². The second-order valence-corrected chi connectivity index (χ2v) is 9.43. The summed E-state index contributed by atoms with van der Waals surface area (Å²) in [5.74, 6) is -8.64. The number of aliphatic hydroxyl groups excluding tert-OH is 1. The Morgan fingerprint density at radius 2 is 1.43 bits per heavy atom. The molecule has 224 valence electrons. The molecule has 1 saturated carbocycles. The van der Waals surface area contributed by atoms with Crippen molar-refractivity contribution in [2.24, 2.45) is 11.8 Å². The molecule has 3 atom stereocenters. The molecule has 0 bridgehead atoms. The molecule has 1 N–H and O–H groups in total. The van der Waals surface area contributed by atoms with Crippen LogP contribution in [0.2, 0.25) is 0 Å². The minimum Gasteiger partial charge on any atom is -0.457 e. The minimum atomic E-state index is -5.78. The van der Waals surface area contributed by atoms with Crippen molar-refractivity contribution in [2.75, 3.05) is 18.0 Å². The van der Waals surface area contributed by atoms with Gasteiger partial charge in [-0.15, -0.1) is 13.2 Å². The first-order chi connectivity index (χ1) is 18.3. The molecule has 1 fully saturated rings. The van der Waals surface area contributed by atoms with E-state index in [1.54, 1.807) is 0 Å². The van der Waals surface area contributed by atoms with Gasteiger partial charge in [0.15, 0.2) is 6.10 Å². The largest absolute Gasteiger partial charge is 0.573 e. The van der Waals surface area contributed by atoms with Gasteiger partial charge in [-0.1, -0.05) is 18.6 Å². The lowest BCUT2D eigenvalue weighted by Gasteiger charge is -2.38. The highest BCUT2D eigenvalue weighted by Crippen LogP contribution is 2.48. The van der Waals surface area contributed by atoms with E-state index in [9.17, 15) is 53.4 Å². The van der Waals surface area contributed by atoms with Crippen LogP contribution in [-0.2, 0) is 0 Å². The predicted octanol–water partition coefficient (Wildman–Crippen LogP) is 8.11. The third kappa shape index (κ3) is 8.51. The number of rotatable bonds is 9. The van der Waals surface area contributed by atoms with Crippen molar-refractivity contribution in [3.05, 3.63) is 48.5 Å². The van der Waals surface area contributed by atoms with Crippen LogP contribution in [0.5, 0.6) is 17.2 Å². The Hall–Kier alpha value is -2.97. The summed E-state index contributed by atoms with van der Waals surface area (Å²) < 4.78 is 153. The van der Waals surface area contributed by atoms with E-state index in [-0.39, 0.29) is 36.6 Å². The highest BCUT2D eigenvalue weighted by atomic mass is 19.4. The third-order valence-corrected chi connectivity index (χ3v) is 6.38. The summed E-state index contributed by atoms with van der Waals surface area (Å²) >= 11 is 0. The molecule has 0 heterocycles. The van der Waals surface area contributed by atoms with Crippen molar-refractivity contribution in [3.8, 4) is 17.2 Å². The van der Waals surface area contributed by atoms with E-state index in [0.717, 1.165) is 17.0 Å². The van der Waals surface area contributed by atoms with E-state index in [4.69, 9.17) is 4.74 Å². The Balaban J connectivity index is 1.83. The van der Waals surface area contributed by atoms with Crippen LogP contribution in [0.4, 0.5) is 54.0 Å². The Labute approximate surface area is 221 Å². The summed E-state index contributed by atoms with van der Waals surface area (Å²) in [6.45, 7) is -1.44. The number of anilines is 1. The van der Waals surface area contributed by atoms with Crippen LogP contribution in [0.1, 0.15) is 25.7 Å². The lowest BCUT2D eigenvalue weighted by atomic mass is 9.77. The summed E-state index contributed by atoms with van der Waals surface area (Å²) in [6, 6.07) is 9.57. The highest BCUT2D eigenvalue weighted by molar-refractivity contribution is 5.52. The van der Waals surface area contributed by atoms with Crippen molar-refractivity contribution in [3.63, 3.8) is 0 Å². The van der Waals surface area contributed by atoms with Crippen molar-refractivity contribution in [2.45, 2.75) is 56.4 Å². The van der Waals surface area contributed by atoms with Gasteiger partial charge in [0.1, 0.15) is 17.2 Å². The Bertz CT molecular complexity index is 1120. The van der Waals surface area contributed by atoms with Crippen LogP contribution in [0.15, 0.2) is 48.5 Å². The fourth-order valence-electron chi connectivity index (χ4n) is 4.54. The molecule has 0 saturated heterocycles. The molecule has 1 aliphatic rings. The number of benzene rings is 2. The monoisotopic (exact) mass is 595 g/mol. The Kier molecular flexibility index (Phi) is 9.36. The average molecular weight is 595 g/mol. The first kappa shape index (κ1) is 31.6. The van der Waals surface area contributed by atoms with Crippen molar-refractivity contribution in [1.29, 1.82) is 0 Å². The number of alkyl halides is 11. The maximum Gasteiger partial charge on any atom is 0.573 e. The molecular weight excluding hydrogens is 571 g/mol. The SMILES string of the molecule is OC(CN(CC1CCCC(C(F)(F)C(F)(F)F)C1)c1cccc(Oc2cccc(OC(F)(F)F)c2)c1)C(F)(F)F. The van der Waals surface area contributed by atoms with Gasteiger partial charge in [-0.3, -0.25) is 0 Å². The second-order valence-electron chi connectivity index (χ2n) is 9.43. The molecule has 0 amide bonds. The molecule has 1 aliphatic carbocycles. The second kappa shape index (κ2) is 11.9. The topological polar surface area (TPSA) is 41.9 Å². The molecule has 0 radical (unpaired) electrons. The first-order valence-electron chi connectivity index (χ1n) is 11.9. The number of nitrogens with zero attached hydrogens (tertiary/aromatic N) is 1. The van der Waals surface area contributed by atoms with Crippen molar-refractivity contribution in [1.82, 2.24) is 0 Å². The highest BCUT2D eigenvalue weighted by Gasteiger charge is 2.62. The van der Waals surface area contributed by atoms with Gasteiger partial charge in [0, 0.05) is 30.3 Å². The van der Waals surface area contributed by atoms with Gasteiger partial charge in [-0.2, -0.15) is 35.1 Å². The Morgan fingerprint density at radius 1 is 0.825 bits per heavy atom. The summed E-state index contributed by atoms with van der Waals surface area (Å²) in [4.78, 5) is 1.01. The summed E-state index contributed by atoms with van der Waals surface area (Å²) in [5.41, 5.74) is 0.00759. The standard InChI is InChI=1S/C25H24F11NO3/c26-22(27,24(31,32)33)16-5-1-4-15(10-16)13-37(14-21(38)23(28,29)30)17-6-2-7-18(11-17)39-19-8-3-9-20(12-19)40-25(34,35)36/h2-3,6-9,11-12,15-16,21,38H,1,4-5,10,13-14H2. The maximum atomic E-state index is 14.0.